The molecule has 27 heavy (non-hydrogen) atoms. The van der Waals surface area contributed by atoms with E-state index in [4.69, 9.17) is 0 Å². The summed E-state index contributed by atoms with van der Waals surface area (Å²) in [7, 11) is 0. The van der Waals surface area contributed by atoms with Crippen molar-refractivity contribution in [2.75, 3.05) is 15.5 Å². The Morgan fingerprint density at radius 1 is 1.15 bits per heavy atom. The van der Waals surface area contributed by atoms with Gasteiger partial charge in [0.25, 0.3) is 0 Å². The molecule has 2 aromatic rings. The van der Waals surface area contributed by atoms with E-state index < -0.39 is 17.8 Å². The molecule has 0 bridgehead atoms. The van der Waals surface area contributed by atoms with Crippen molar-refractivity contribution in [3.05, 3.63) is 29.8 Å². The van der Waals surface area contributed by atoms with E-state index in [1.807, 2.05) is 0 Å². The molecule has 146 valence electrons. The van der Waals surface area contributed by atoms with Crippen LogP contribution in [-0.4, -0.2) is 28.3 Å². The van der Waals surface area contributed by atoms with E-state index >= 15 is 0 Å². The van der Waals surface area contributed by atoms with Gasteiger partial charge in [0, 0.05) is 12.1 Å². The summed E-state index contributed by atoms with van der Waals surface area (Å²) in [6.07, 6.45) is -1.28. The number of hydrogen-bond acceptors (Lipinski definition) is 5. The summed E-state index contributed by atoms with van der Waals surface area (Å²) >= 11 is 1.21. The second kappa shape index (κ2) is 7.71. The van der Waals surface area contributed by atoms with Crippen LogP contribution in [0.5, 0.6) is 0 Å². The fraction of sp³-hybridized carbons (Fsp3) is 0.471. The number of halogens is 3. The number of anilines is 3. The molecule has 1 fully saturated rings. The number of amides is 2. The lowest BCUT2D eigenvalue weighted by molar-refractivity contribution is -0.136. The van der Waals surface area contributed by atoms with Gasteiger partial charge in [-0.15, -0.1) is 10.2 Å². The predicted octanol–water partition coefficient (Wildman–Crippen LogP) is 4.97. The van der Waals surface area contributed by atoms with Crippen LogP contribution in [-0.2, 0) is 6.18 Å². The Labute approximate surface area is 158 Å². The molecule has 1 saturated heterocycles. The van der Waals surface area contributed by atoms with E-state index in [9.17, 15) is 18.0 Å². The topological polar surface area (TPSA) is 70.2 Å². The maximum Gasteiger partial charge on any atom is 0.418 e. The van der Waals surface area contributed by atoms with E-state index in [0.29, 0.717) is 17.2 Å². The number of piperidine rings is 1. The van der Waals surface area contributed by atoms with Crippen molar-refractivity contribution in [1.29, 1.82) is 0 Å². The highest BCUT2D eigenvalue weighted by Crippen LogP contribution is 2.35. The molecule has 2 heterocycles. The minimum absolute atomic E-state index is 0.233. The summed E-state index contributed by atoms with van der Waals surface area (Å²) in [5.74, 6) is 0. The fourth-order valence-corrected chi connectivity index (χ4v) is 4.20. The zero-order valence-electron chi connectivity index (χ0n) is 14.9. The third-order valence-corrected chi connectivity index (χ3v) is 5.38. The van der Waals surface area contributed by atoms with Crippen LogP contribution in [0.25, 0.3) is 0 Å². The van der Waals surface area contributed by atoms with Crippen LogP contribution in [0.4, 0.5) is 33.9 Å². The minimum Gasteiger partial charge on any atom is -0.341 e. The first-order valence-corrected chi connectivity index (χ1v) is 9.43. The van der Waals surface area contributed by atoms with Gasteiger partial charge in [0.2, 0.25) is 10.3 Å². The molecular formula is C17H20F3N5OS. The van der Waals surface area contributed by atoms with Crippen LogP contribution >= 0.6 is 11.3 Å². The second-order valence-corrected chi connectivity index (χ2v) is 7.50. The third-order valence-electron chi connectivity index (χ3n) is 4.53. The second-order valence-electron chi connectivity index (χ2n) is 6.55. The molecule has 0 radical (unpaired) electrons. The average molecular weight is 399 g/mol. The number of benzene rings is 1. The quantitative estimate of drug-likeness (QED) is 0.765. The van der Waals surface area contributed by atoms with E-state index in [-0.39, 0.29) is 10.8 Å². The van der Waals surface area contributed by atoms with Crippen molar-refractivity contribution < 1.29 is 18.0 Å². The van der Waals surface area contributed by atoms with E-state index in [1.165, 1.54) is 29.5 Å². The Morgan fingerprint density at radius 2 is 1.81 bits per heavy atom. The number of urea groups is 1. The van der Waals surface area contributed by atoms with Crippen molar-refractivity contribution in [1.82, 2.24) is 10.2 Å². The van der Waals surface area contributed by atoms with Gasteiger partial charge in [-0.05, 0) is 45.2 Å². The maximum atomic E-state index is 13.0. The molecule has 0 unspecified atom stereocenters. The Kier molecular flexibility index (Phi) is 5.54. The van der Waals surface area contributed by atoms with Gasteiger partial charge in [-0.1, -0.05) is 23.5 Å². The average Bonchev–Trinajstić information content (AvgIpc) is 3.02. The standard InChI is InChI=1S/C17H20F3N5OS/c1-10-6-5-7-11(2)25(10)16-24-23-15(27-16)22-14(26)21-13-9-4-3-8-12(13)17(18,19)20/h3-4,8-11H,5-7H2,1-2H3,(H2,21,22,23,26)/t10-,11-/m0/s1. The van der Waals surface area contributed by atoms with Gasteiger partial charge in [0.05, 0.1) is 11.3 Å². The van der Waals surface area contributed by atoms with Gasteiger partial charge in [0.1, 0.15) is 0 Å². The molecule has 1 aliphatic rings. The summed E-state index contributed by atoms with van der Waals surface area (Å²) < 4.78 is 39.0. The molecule has 6 nitrogen and oxygen atoms in total. The Bertz CT molecular complexity index is 800. The van der Waals surface area contributed by atoms with Gasteiger partial charge < -0.3 is 10.2 Å². The third kappa shape index (κ3) is 4.49. The van der Waals surface area contributed by atoms with Crippen molar-refractivity contribution in [3.63, 3.8) is 0 Å². The molecule has 10 heteroatoms. The number of carbonyl (C=O) groups is 1. The monoisotopic (exact) mass is 399 g/mol. The zero-order valence-corrected chi connectivity index (χ0v) is 15.7. The van der Waals surface area contributed by atoms with Crippen LogP contribution in [0, 0.1) is 0 Å². The SMILES string of the molecule is C[C@H]1CCC[C@H](C)N1c1nnc(NC(=O)Nc2ccccc2C(F)(F)F)s1. The molecule has 1 aromatic carbocycles. The maximum absolute atomic E-state index is 13.0. The number of aromatic nitrogens is 2. The van der Waals surface area contributed by atoms with Gasteiger partial charge >= 0.3 is 12.2 Å². The predicted molar refractivity (Wildman–Crippen MR) is 99.2 cm³/mol. The number of carbonyl (C=O) groups excluding carboxylic acids is 1. The van der Waals surface area contributed by atoms with Gasteiger partial charge in [0.15, 0.2) is 0 Å². The van der Waals surface area contributed by atoms with Gasteiger partial charge in [-0.2, -0.15) is 13.2 Å². The Hall–Kier alpha value is -2.36. The largest absolute Gasteiger partial charge is 0.418 e. The number of nitrogens with zero attached hydrogens (tertiary/aromatic N) is 3. The number of para-hydroxylation sites is 1. The van der Waals surface area contributed by atoms with E-state index in [2.05, 4.69) is 39.6 Å². The summed E-state index contributed by atoms with van der Waals surface area (Å²) in [4.78, 5) is 14.3. The van der Waals surface area contributed by atoms with Crippen molar-refractivity contribution in [3.8, 4) is 0 Å². The number of hydrogen-bond donors (Lipinski definition) is 2. The van der Waals surface area contributed by atoms with Crippen molar-refractivity contribution in [2.45, 2.75) is 51.4 Å². The summed E-state index contributed by atoms with van der Waals surface area (Å²) in [6, 6.07) is 4.65. The first-order valence-electron chi connectivity index (χ1n) is 8.62. The van der Waals surface area contributed by atoms with Crippen LogP contribution in [0.15, 0.2) is 24.3 Å². The summed E-state index contributed by atoms with van der Waals surface area (Å²) in [6.45, 7) is 4.23. The minimum atomic E-state index is -4.56. The summed E-state index contributed by atoms with van der Waals surface area (Å²) in [5, 5.41) is 13.7. The molecule has 0 aliphatic carbocycles. The lowest BCUT2D eigenvalue weighted by Crippen LogP contribution is -2.43. The van der Waals surface area contributed by atoms with Crippen molar-refractivity contribution in [2.24, 2.45) is 0 Å². The smallest absolute Gasteiger partial charge is 0.341 e. The van der Waals surface area contributed by atoms with Crippen molar-refractivity contribution >= 4 is 33.3 Å². The zero-order chi connectivity index (χ0) is 19.6. The molecule has 2 atom stereocenters. The lowest BCUT2D eigenvalue weighted by atomic mass is 9.98. The molecule has 2 amide bonds. The van der Waals surface area contributed by atoms with Gasteiger partial charge in [-0.3, -0.25) is 5.32 Å². The van der Waals surface area contributed by atoms with E-state index in [0.717, 1.165) is 25.3 Å². The van der Waals surface area contributed by atoms with Crippen LogP contribution < -0.4 is 15.5 Å². The van der Waals surface area contributed by atoms with E-state index in [1.54, 1.807) is 0 Å². The lowest BCUT2D eigenvalue weighted by Gasteiger charge is -2.38. The molecule has 3 rings (SSSR count). The molecule has 2 N–H and O–H groups in total. The highest BCUT2D eigenvalue weighted by Gasteiger charge is 2.33. The number of alkyl halides is 3. The molecule has 0 spiro atoms. The Balaban J connectivity index is 1.69. The first-order chi connectivity index (χ1) is 12.8. The summed E-state index contributed by atoms with van der Waals surface area (Å²) in [5.41, 5.74) is -1.22. The first kappa shape index (κ1) is 19.4. The normalized spacial score (nSPS) is 20.4. The molecule has 1 aromatic heterocycles. The Morgan fingerprint density at radius 3 is 2.48 bits per heavy atom. The number of rotatable bonds is 3. The highest BCUT2D eigenvalue weighted by atomic mass is 32.1. The van der Waals surface area contributed by atoms with Crippen LogP contribution in [0.2, 0.25) is 0 Å². The van der Waals surface area contributed by atoms with Crippen LogP contribution in [0.3, 0.4) is 0 Å². The van der Waals surface area contributed by atoms with Crippen LogP contribution in [0.1, 0.15) is 38.7 Å². The highest BCUT2D eigenvalue weighted by molar-refractivity contribution is 7.19. The molecular weight excluding hydrogens is 379 g/mol. The fourth-order valence-electron chi connectivity index (χ4n) is 3.26. The number of nitrogens with one attached hydrogen (secondary N) is 2. The molecule has 0 saturated carbocycles. The molecule has 1 aliphatic heterocycles. The van der Waals surface area contributed by atoms with Gasteiger partial charge in [-0.25, -0.2) is 4.79 Å².